The second-order valence-electron chi connectivity index (χ2n) is 4.45. The number of hydrogen-bond donors (Lipinski definition) is 0. The molecule has 0 unspecified atom stereocenters. The molecule has 0 amide bonds. The van der Waals surface area contributed by atoms with Gasteiger partial charge in [0.05, 0.1) is 5.52 Å². The summed E-state index contributed by atoms with van der Waals surface area (Å²) < 4.78 is 3.17. The van der Waals surface area contributed by atoms with E-state index in [4.69, 9.17) is 0 Å². The van der Waals surface area contributed by atoms with Crippen LogP contribution in [-0.2, 0) is 6.54 Å². The Morgan fingerprint density at radius 1 is 0.947 bits per heavy atom. The molecule has 0 bridgehead atoms. The highest BCUT2D eigenvalue weighted by molar-refractivity contribution is 9.10. The van der Waals surface area contributed by atoms with Crippen LogP contribution in [0.3, 0.4) is 0 Å². The molecular weight excluding hydrogens is 302 g/mol. The fourth-order valence-electron chi connectivity index (χ4n) is 2.18. The zero-order valence-electron chi connectivity index (χ0n) is 10.2. The quantitative estimate of drug-likeness (QED) is 0.705. The van der Waals surface area contributed by atoms with Gasteiger partial charge in [0.25, 0.3) is 0 Å². The summed E-state index contributed by atoms with van der Waals surface area (Å²) in [5.41, 5.74) is 2.25. The highest BCUT2D eigenvalue weighted by Crippen LogP contribution is 2.14. The van der Waals surface area contributed by atoms with Crippen LogP contribution >= 0.6 is 15.9 Å². The Labute approximate surface area is 119 Å². The van der Waals surface area contributed by atoms with Gasteiger partial charge in [-0.05, 0) is 29.8 Å². The summed E-state index contributed by atoms with van der Waals surface area (Å²) in [5, 5.41) is 0.766. The largest absolute Gasteiger partial charge is 0.343 e. The van der Waals surface area contributed by atoms with Crippen molar-refractivity contribution in [1.82, 2.24) is 4.57 Å². The summed E-state index contributed by atoms with van der Waals surface area (Å²) in [7, 11) is 0. The number of benzene rings is 2. The Morgan fingerprint density at radius 3 is 2.47 bits per heavy atom. The number of rotatable bonds is 2. The van der Waals surface area contributed by atoms with E-state index in [0.717, 1.165) is 21.9 Å². The van der Waals surface area contributed by atoms with E-state index in [0.29, 0.717) is 0 Å². The van der Waals surface area contributed by atoms with Gasteiger partial charge in [0, 0.05) is 28.7 Å². The third kappa shape index (κ3) is 2.47. The first-order chi connectivity index (χ1) is 9.24. The number of aromatic nitrogens is 1. The van der Waals surface area contributed by atoms with Crippen LogP contribution in [0.25, 0.3) is 10.9 Å². The molecule has 3 heteroatoms. The molecule has 0 radical (unpaired) electrons. The van der Waals surface area contributed by atoms with E-state index in [1.807, 2.05) is 42.6 Å². The molecule has 2 aromatic carbocycles. The Bertz CT molecular complexity index is 775. The van der Waals surface area contributed by atoms with E-state index in [1.54, 1.807) is 6.07 Å². The maximum atomic E-state index is 11.8. The van der Waals surface area contributed by atoms with Crippen LogP contribution in [0.15, 0.2) is 70.1 Å². The van der Waals surface area contributed by atoms with Crippen molar-refractivity contribution in [3.63, 3.8) is 0 Å². The molecule has 94 valence electrons. The molecule has 0 saturated carbocycles. The van der Waals surface area contributed by atoms with Crippen LogP contribution in [0.1, 0.15) is 5.56 Å². The van der Waals surface area contributed by atoms with Crippen LogP contribution in [0.4, 0.5) is 0 Å². The second kappa shape index (κ2) is 5.02. The van der Waals surface area contributed by atoms with Crippen molar-refractivity contribution >= 4 is 26.8 Å². The Morgan fingerprint density at radius 2 is 1.68 bits per heavy atom. The summed E-state index contributed by atoms with van der Waals surface area (Å²) in [5.74, 6) is 0. The van der Waals surface area contributed by atoms with E-state index in [2.05, 4.69) is 32.6 Å². The molecule has 0 N–H and O–H groups in total. The van der Waals surface area contributed by atoms with Gasteiger partial charge in [0.1, 0.15) is 0 Å². The smallest absolute Gasteiger partial charge is 0.189 e. The summed E-state index contributed by atoms with van der Waals surface area (Å²) in [4.78, 5) is 11.8. The molecule has 0 saturated heterocycles. The van der Waals surface area contributed by atoms with Crippen LogP contribution < -0.4 is 5.43 Å². The Balaban J connectivity index is 2.08. The van der Waals surface area contributed by atoms with E-state index >= 15 is 0 Å². The van der Waals surface area contributed by atoms with Crippen molar-refractivity contribution in [2.45, 2.75) is 6.54 Å². The van der Waals surface area contributed by atoms with Gasteiger partial charge < -0.3 is 4.57 Å². The molecule has 0 aliphatic rings. The summed E-state index contributed by atoms with van der Waals surface area (Å²) >= 11 is 3.43. The molecule has 2 nitrogen and oxygen atoms in total. The minimum absolute atomic E-state index is 0.0719. The summed E-state index contributed by atoms with van der Waals surface area (Å²) in [6.07, 6.45) is 1.85. The minimum Gasteiger partial charge on any atom is -0.343 e. The number of hydrogen-bond acceptors (Lipinski definition) is 1. The van der Waals surface area contributed by atoms with Gasteiger partial charge in [-0.3, -0.25) is 4.79 Å². The molecule has 3 rings (SSSR count). The zero-order valence-corrected chi connectivity index (χ0v) is 11.8. The van der Waals surface area contributed by atoms with Crippen LogP contribution in [0.5, 0.6) is 0 Å². The van der Waals surface area contributed by atoms with Crippen molar-refractivity contribution in [2.24, 2.45) is 0 Å². The van der Waals surface area contributed by atoms with Gasteiger partial charge in [-0.15, -0.1) is 0 Å². The van der Waals surface area contributed by atoms with E-state index in [-0.39, 0.29) is 5.43 Å². The lowest BCUT2D eigenvalue weighted by atomic mass is 10.2. The van der Waals surface area contributed by atoms with Gasteiger partial charge in [0.2, 0.25) is 0 Å². The number of fused-ring (bicyclic) bond motifs is 1. The fourth-order valence-corrected chi connectivity index (χ4v) is 2.45. The first-order valence-corrected chi connectivity index (χ1v) is 6.86. The topological polar surface area (TPSA) is 22.0 Å². The normalized spacial score (nSPS) is 10.8. The number of para-hydroxylation sites is 1. The summed E-state index contributed by atoms with van der Waals surface area (Å²) in [6.45, 7) is 0.758. The average molecular weight is 314 g/mol. The van der Waals surface area contributed by atoms with Crippen molar-refractivity contribution in [2.75, 3.05) is 0 Å². The molecule has 0 fully saturated rings. The third-order valence-electron chi connectivity index (χ3n) is 3.15. The number of pyridine rings is 1. The number of halogens is 1. The van der Waals surface area contributed by atoms with Crippen molar-refractivity contribution < 1.29 is 0 Å². The third-order valence-corrected chi connectivity index (χ3v) is 3.68. The highest BCUT2D eigenvalue weighted by Gasteiger charge is 2.02. The fraction of sp³-hybridized carbons (Fsp3) is 0.0625. The van der Waals surface area contributed by atoms with Gasteiger partial charge in [-0.1, -0.05) is 40.2 Å². The summed E-state index contributed by atoms with van der Waals surface area (Å²) in [6, 6.07) is 17.5. The molecule has 19 heavy (non-hydrogen) atoms. The van der Waals surface area contributed by atoms with Gasteiger partial charge in [-0.25, -0.2) is 0 Å². The van der Waals surface area contributed by atoms with Crippen LogP contribution in [-0.4, -0.2) is 4.57 Å². The van der Waals surface area contributed by atoms with E-state index in [1.165, 1.54) is 5.56 Å². The van der Waals surface area contributed by atoms with Gasteiger partial charge >= 0.3 is 0 Å². The van der Waals surface area contributed by atoms with Crippen molar-refractivity contribution in [3.8, 4) is 0 Å². The minimum atomic E-state index is 0.0719. The maximum absolute atomic E-state index is 11.8. The maximum Gasteiger partial charge on any atom is 0.189 e. The van der Waals surface area contributed by atoms with Crippen LogP contribution in [0, 0.1) is 0 Å². The Kier molecular flexibility index (Phi) is 3.22. The molecule has 0 aliphatic heterocycles. The predicted molar refractivity (Wildman–Crippen MR) is 81.5 cm³/mol. The standard InChI is InChI=1S/C16H12BrNO/c17-13-7-5-12(6-8-13)11-18-10-9-16(19)14-3-1-2-4-15(14)18/h1-10H,11H2. The van der Waals surface area contributed by atoms with Gasteiger partial charge in [0.15, 0.2) is 5.43 Å². The molecule has 0 atom stereocenters. The first kappa shape index (κ1) is 12.2. The zero-order chi connectivity index (χ0) is 13.2. The molecule has 1 aromatic heterocycles. The lowest BCUT2D eigenvalue weighted by Crippen LogP contribution is -2.08. The second-order valence-corrected chi connectivity index (χ2v) is 5.37. The average Bonchev–Trinajstić information content (AvgIpc) is 2.45. The Hall–Kier alpha value is -1.87. The SMILES string of the molecule is O=c1ccn(Cc2ccc(Br)cc2)c2ccccc12. The monoisotopic (exact) mass is 313 g/mol. The number of nitrogens with zero attached hydrogens (tertiary/aromatic N) is 1. The van der Waals surface area contributed by atoms with E-state index in [9.17, 15) is 4.79 Å². The van der Waals surface area contributed by atoms with Crippen molar-refractivity contribution in [3.05, 3.63) is 81.1 Å². The van der Waals surface area contributed by atoms with Crippen molar-refractivity contribution in [1.29, 1.82) is 0 Å². The molecule has 0 spiro atoms. The molecule has 0 aliphatic carbocycles. The molecule has 1 heterocycles. The predicted octanol–water partition coefficient (Wildman–Crippen LogP) is 3.81. The molecular formula is C16H12BrNO. The first-order valence-electron chi connectivity index (χ1n) is 6.07. The van der Waals surface area contributed by atoms with Crippen LogP contribution in [0.2, 0.25) is 0 Å². The lowest BCUT2D eigenvalue weighted by Gasteiger charge is -2.10. The molecule has 3 aromatic rings. The highest BCUT2D eigenvalue weighted by atomic mass is 79.9. The van der Waals surface area contributed by atoms with Gasteiger partial charge in [-0.2, -0.15) is 0 Å². The lowest BCUT2D eigenvalue weighted by molar-refractivity contribution is 0.825. The van der Waals surface area contributed by atoms with E-state index < -0.39 is 0 Å².